The van der Waals surface area contributed by atoms with Crippen LogP contribution in [0.2, 0.25) is 0 Å². The van der Waals surface area contributed by atoms with E-state index < -0.39 is 0 Å². The minimum atomic E-state index is 0.755. The third-order valence-electron chi connectivity index (χ3n) is 4.80. The summed E-state index contributed by atoms with van der Waals surface area (Å²) in [6.07, 6.45) is 6.72. The van der Waals surface area contributed by atoms with E-state index in [0.29, 0.717) is 0 Å². The molecule has 0 radical (unpaired) electrons. The number of rotatable bonds is 6. The molecule has 1 aromatic rings. The summed E-state index contributed by atoms with van der Waals surface area (Å²) >= 11 is 0. The summed E-state index contributed by atoms with van der Waals surface area (Å²) in [7, 11) is 0. The molecule has 3 nitrogen and oxygen atoms in total. The van der Waals surface area contributed by atoms with Crippen LogP contribution in [0.3, 0.4) is 0 Å². The highest BCUT2D eigenvalue weighted by Crippen LogP contribution is 2.29. The van der Waals surface area contributed by atoms with E-state index in [9.17, 15) is 0 Å². The van der Waals surface area contributed by atoms with Crippen molar-refractivity contribution in [2.24, 2.45) is 11.8 Å². The van der Waals surface area contributed by atoms with Gasteiger partial charge in [-0.2, -0.15) is 5.10 Å². The van der Waals surface area contributed by atoms with Crippen molar-refractivity contribution in [2.45, 2.75) is 72.4 Å². The lowest BCUT2D eigenvalue weighted by atomic mass is 9.80. The fourth-order valence-electron chi connectivity index (χ4n) is 3.43. The molecule has 1 fully saturated rings. The predicted molar refractivity (Wildman–Crippen MR) is 84.9 cm³/mol. The normalized spacial score (nSPS) is 23.4. The fraction of sp³-hybridized carbons (Fsp3) is 0.824. The summed E-state index contributed by atoms with van der Waals surface area (Å²) in [5.41, 5.74) is 2.41. The average Bonchev–Trinajstić information content (AvgIpc) is 2.73. The summed E-state index contributed by atoms with van der Waals surface area (Å²) in [6.45, 7) is 11.1. The minimum Gasteiger partial charge on any atom is -0.314 e. The summed E-state index contributed by atoms with van der Waals surface area (Å²) in [5, 5.41) is 8.25. The maximum atomic E-state index is 4.51. The van der Waals surface area contributed by atoms with Crippen LogP contribution in [-0.4, -0.2) is 22.4 Å². The second-order valence-electron chi connectivity index (χ2n) is 6.81. The van der Waals surface area contributed by atoms with Crippen molar-refractivity contribution in [1.82, 2.24) is 15.1 Å². The van der Waals surface area contributed by atoms with Crippen molar-refractivity contribution in [3.8, 4) is 0 Å². The summed E-state index contributed by atoms with van der Waals surface area (Å²) in [6, 6.07) is 2.91. The van der Waals surface area contributed by atoms with Crippen LogP contribution in [0, 0.1) is 25.7 Å². The van der Waals surface area contributed by atoms with Crippen molar-refractivity contribution < 1.29 is 0 Å². The second-order valence-corrected chi connectivity index (χ2v) is 6.81. The van der Waals surface area contributed by atoms with Gasteiger partial charge in [-0.3, -0.25) is 4.68 Å². The van der Waals surface area contributed by atoms with Crippen LogP contribution in [-0.2, 0) is 6.54 Å². The van der Waals surface area contributed by atoms with Crippen LogP contribution in [0.25, 0.3) is 0 Å². The van der Waals surface area contributed by atoms with E-state index in [1.54, 1.807) is 0 Å². The molecular weight excluding hydrogens is 246 g/mol. The van der Waals surface area contributed by atoms with Crippen LogP contribution in [0.15, 0.2) is 6.07 Å². The SMILES string of the molecule is Cc1cc(C)n(CCCNC2CCC(C(C)C)CC2)n1. The number of aromatic nitrogens is 2. The molecule has 1 aliphatic carbocycles. The van der Waals surface area contributed by atoms with Gasteiger partial charge in [0.15, 0.2) is 0 Å². The molecule has 1 aliphatic rings. The quantitative estimate of drug-likeness (QED) is 0.804. The molecule has 0 amide bonds. The smallest absolute Gasteiger partial charge is 0.0596 e. The van der Waals surface area contributed by atoms with Crippen molar-refractivity contribution in [3.05, 3.63) is 17.5 Å². The third-order valence-corrected chi connectivity index (χ3v) is 4.80. The third kappa shape index (κ3) is 4.34. The first-order valence-electron chi connectivity index (χ1n) is 8.30. The molecule has 1 saturated carbocycles. The zero-order chi connectivity index (χ0) is 14.5. The molecule has 0 aromatic carbocycles. The Morgan fingerprint density at radius 2 is 1.95 bits per heavy atom. The first-order chi connectivity index (χ1) is 9.56. The Bertz CT molecular complexity index is 400. The van der Waals surface area contributed by atoms with Gasteiger partial charge in [0.2, 0.25) is 0 Å². The molecule has 1 aromatic heterocycles. The Hall–Kier alpha value is -0.830. The standard InChI is InChI=1S/C17H31N3/c1-13(2)16-6-8-17(9-7-16)18-10-5-11-20-15(4)12-14(3)19-20/h12-13,16-18H,5-11H2,1-4H3. The maximum absolute atomic E-state index is 4.51. The first kappa shape index (κ1) is 15.6. The van der Waals surface area contributed by atoms with Gasteiger partial charge in [-0.15, -0.1) is 0 Å². The number of nitrogens with one attached hydrogen (secondary N) is 1. The van der Waals surface area contributed by atoms with E-state index in [0.717, 1.165) is 36.7 Å². The Labute approximate surface area is 124 Å². The van der Waals surface area contributed by atoms with Crippen molar-refractivity contribution in [3.63, 3.8) is 0 Å². The van der Waals surface area contributed by atoms with E-state index in [-0.39, 0.29) is 0 Å². The van der Waals surface area contributed by atoms with Crippen LogP contribution in [0.4, 0.5) is 0 Å². The molecule has 1 heterocycles. The molecule has 0 aliphatic heterocycles. The van der Waals surface area contributed by atoms with Crippen molar-refractivity contribution >= 4 is 0 Å². The molecule has 0 spiro atoms. The molecule has 20 heavy (non-hydrogen) atoms. The number of hydrogen-bond donors (Lipinski definition) is 1. The number of aryl methyl sites for hydroxylation is 3. The first-order valence-corrected chi connectivity index (χ1v) is 8.30. The van der Waals surface area contributed by atoms with E-state index in [1.165, 1.54) is 37.8 Å². The van der Waals surface area contributed by atoms with E-state index in [2.05, 4.69) is 48.9 Å². The highest BCUT2D eigenvalue weighted by Gasteiger charge is 2.22. The molecule has 0 saturated heterocycles. The van der Waals surface area contributed by atoms with Crippen LogP contribution in [0.5, 0.6) is 0 Å². The Morgan fingerprint density at radius 1 is 1.25 bits per heavy atom. The van der Waals surface area contributed by atoms with Gasteiger partial charge in [0, 0.05) is 18.3 Å². The fourth-order valence-corrected chi connectivity index (χ4v) is 3.43. The highest BCUT2D eigenvalue weighted by molar-refractivity contribution is 5.06. The van der Waals surface area contributed by atoms with Gasteiger partial charge < -0.3 is 5.32 Å². The predicted octanol–water partition coefficient (Wildman–Crippen LogP) is 3.69. The summed E-state index contributed by atoms with van der Waals surface area (Å²) in [5.74, 6) is 1.82. The Balaban J connectivity index is 1.61. The maximum Gasteiger partial charge on any atom is 0.0596 e. The van der Waals surface area contributed by atoms with Gasteiger partial charge in [-0.1, -0.05) is 13.8 Å². The second kappa shape index (κ2) is 7.26. The van der Waals surface area contributed by atoms with E-state index in [4.69, 9.17) is 0 Å². The van der Waals surface area contributed by atoms with E-state index >= 15 is 0 Å². The minimum absolute atomic E-state index is 0.755. The zero-order valence-electron chi connectivity index (χ0n) is 13.7. The lowest BCUT2D eigenvalue weighted by molar-refractivity contribution is 0.238. The van der Waals surface area contributed by atoms with Crippen molar-refractivity contribution in [2.75, 3.05) is 6.54 Å². The topological polar surface area (TPSA) is 29.9 Å². The largest absolute Gasteiger partial charge is 0.314 e. The highest BCUT2D eigenvalue weighted by atomic mass is 15.3. The number of hydrogen-bond acceptors (Lipinski definition) is 2. The molecule has 1 N–H and O–H groups in total. The van der Waals surface area contributed by atoms with E-state index in [1.807, 2.05) is 0 Å². The Kier molecular flexibility index (Phi) is 5.64. The Morgan fingerprint density at radius 3 is 2.50 bits per heavy atom. The van der Waals surface area contributed by atoms with Gasteiger partial charge in [-0.25, -0.2) is 0 Å². The van der Waals surface area contributed by atoms with Gasteiger partial charge in [0.25, 0.3) is 0 Å². The zero-order valence-corrected chi connectivity index (χ0v) is 13.7. The van der Waals surface area contributed by atoms with Gasteiger partial charge in [0.05, 0.1) is 5.69 Å². The van der Waals surface area contributed by atoms with Crippen LogP contribution < -0.4 is 5.32 Å². The summed E-state index contributed by atoms with van der Waals surface area (Å²) in [4.78, 5) is 0. The van der Waals surface area contributed by atoms with Gasteiger partial charge in [-0.05, 0) is 70.4 Å². The number of nitrogens with zero attached hydrogens (tertiary/aromatic N) is 2. The molecule has 2 rings (SSSR count). The molecule has 0 bridgehead atoms. The summed E-state index contributed by atoms with van der Waals surface area (Å²) < 4.78 is 2.13. The molecule has 3 heteroatoms. The van der Waals surface area contributed by atoms with Crippen LogP contribution in [0.1, 0.15) is 57.3 Å². The molecule has 0 unspecified atom stereocenters. The average molecular weight is 277 g/mol. The molecule has 114 valence electrons. The lowest BCUT2D eigenvalue weighted by Crippen LogP contribution is -2.35. The van der Waals surface area contributed by atoms with Crippen LogP contribution >= 0.6 is 0 Å². The van der Waals surface area contributed by atoms with Crippen molar-refractivity contribution in [1.29, 1.82) is 0 Å². The monoisotopic (exact) mass is 277 g/mol. The van der Waals surface area contributed by atoms with Gasteiger partial charge in [0.1, 0.15) is 0 Å². The lowest BCUT2D eigenvalue weighted by Gasteiger charge is -2.31. The molecule has 0 atom stereocenters. The van der Waals surface area contributed by atoms with Gasteiger partial charge >= 0.3 is 0 Å². The molecular formula is C17H31N3.